The van der Waals surface area contributed by atoms with Crippen LogP contribution in [0.4, 0.5) is 10.1 Å². The summed E-state index contributed by atoms with van der Waals surface area (Å²) in [5, 5.41) is 12.0. The van der Waals surface area contributed by atoms with Crippen molar-refractivity contribution in [2.24, 2.45) is 7.05 Å². The molecular weight excluding hydrogens is 265 g/mol. The molecule has 0 atom stereocenters. The molecule has 0 spiro atoms. The molecule has 1 aromatic heterocycles. The average molecular weight is 278 g/mol. The van der Waals surface area contributed by atoms with Crippen molar-refractivity contribution in [3.8, 4) is 6.07 Å². The lowest BCUT2D eigenvalue weighted by Crippen LogP contribution is -2.03. The second-order valence-corrected chi connectivity index (χ2v) is 4.67. The second kappa shape index (κ2) is 5.33. The Kier molecular flexibility index (Phi) is 3.77. The minimum Gasteiger partial charge on any atom is -0.378 e. The Morgan fingerprint density at radius 1 is 1.47 bits per heavy atom. The molecule has 2 aromatic rings. The van der Waals surface area contributed by atoms with Crippen molar-refractivity contribution in [3.63, 3.8) is 0 Å². The topological polar surface area (TPSA) is 40.8 Å². The Hall–Kier alpha value is -1.99. The number of benzene rings is 1. The Labute approximate surface area is 116 Å². The maximum Gasteiger partial charge on any atom is 0.164 e. The number of hydrogen-bond acceptors (Lipinski definition) is 2. The molecule has 0 unspecified atom stereocenters. The molecule has 5 heteroatoms. The number of nitrogens with zero attached hydrogens (tertiary/aromatic N) is 2. The molecule has 1 heterocycles. The van der Waals surface area contributed by atoms with Crippen molar-refractivity contribution in [1.82, 2.24) is 4.57 Å². The van der Waals surface area contributed by atoms with Crippen LogP contribution in [-0.4, -0.2) is 4.57 Å². The van der Waals surface area contributed by atoms with Crippen LogP contribution in [0, 0.1) is 24.1 Å². The molecule has 0 fully saturated rings. The van der Waals surface area contributed by atoms with Gasteiger partial charge in [0.1, 0.15) is 11.8 Å². The van der Waals surface area contributed by atoms with E-state index in [0.717, 1.165) is 11.3 Å². The smallest absolute Gasteiger partial charge is 0.164 e. The van der Waals surface area contributed by atoms with E-state index >= 15 is 0 Å². The summed E-state index contributed by atoms with van der Waals surface area (Å²) in [7, 11) is 1.83. The van der Waals surface area contributed by atoms with E-state index in [-0.39, 0.29) is 5.02 Å². The number of hydrogen-bond donors (Lipinski definition) is 1. The van der Waals surface area contributed by atoms with Crippen molar-refractivity contribution in [2.45, 2.75) is 13.5 Å². The largest absolute Gasteiger partial charge is 0.378 e. The number of nitrogens with one attached hydrogen (secondary N) is 1. The summed E-state index contributed by atoms with van der Waals surface area (Å²) in [6.45, 7) is 2.37. The van der Waals surface area contributed by atoms with Crippen LogP contribution in [0.15, 0.2) is 24.3 Å². The van der Waals surface area contributed by atoms with Crippen LogP contribution >= 0.6 is 11.6 Å². The lowest BCUT2D eigenvalue weighted by Gasteiger charge is -2.08. The molecule has 1 aromatic carbocycles. The van der Waals surface area contributed by atoms with Crippen LogP contribution in [0.5, 0.6) is 0 Å². The van der Waals surface area contributed by atoms with Gasteiger partial charge in [0.15, 0.2) is 5.82 Å². The van der Waals surface area contributed by atoms with Crippen LogP contribution in [0.2, 0.25) is 5.02 Å². The van der Waals surface area contributed by atoms with Gasteiger partial charge in [-0.2, -0.15) is 5.26 Å². The van der Waals surface area contributed by atoms with E-state index < -0.39 is 5.82 Å². The lowest BCUT2D eigenvalue weighted by molar-refractivity contribution is 0.630. The van der Waals surface area contributed by atoms with Gasteiger partial charge in [0.2, 0.25) is 0 Å². The highest BCUT2D eigenvalue weighted by Crippen LogP contribution is 2.23. The van der Waals surface area contributed by atoms with E-state index in [2.05, 4.69) is 11.4 Å². The Balaban J connectivity index is 2.20. The minimum absolute atomic E-state index is 0.0903. The van der Waals surface area contributed by atoms with E-state index in [0.29, 0.717) is 17.9 Å². The molecule has 1 N–H and O–H groups in total. The van der Waals surface area contributed by atoms with Crippen molar-refractivity contribution in [3.05, 3.63) is 52.1 Å². The fraction of sp³-hybridized carbons (Fsp3) is 0.214. The zero-order valence-corrected chi connectivity index (χ0v) is 11.4. The molecular formula is C14H13ClFN3. The third-order valence-corrected chi connectivity index (χ3v) is 3.47. The molecule has 3 nitrogen and oxygen atoms in total. The number of nitriles is 1. The molecule has 0 saturated heterocycles. The van der Waals surface area contributed by atoms with Gasteiger partial charge in [0.25, 0.3) is 0 Å². The summed E-state index contributed by atoms with van der Waals surface area (Å²) < 4.78 is 15.5. The van der Waals surface area contributed by atoms with Gasteiger partial charge in [-0.25, -0.2) is 4.39 Å². The maximum absolute atomic E-state index is 13.7. The fourth-order valence-corrected chi connectivity index (χ4v) is 2.05. The van der Waals surface area contributed by atoms with E-state index in [1.807, 2.05) is 18.5 Å². The first kappa shape index (κ1) is 13.4. The minimum atomic E-state index is -0.460. The standard InChI is InChI=1S/C14H13ClFN3/c1-9-10(6-11(7-17)19(9)2)8-18-13-5-3-4-12(15)14(13)16/h3-6,18H,8H2,1-2H3. The quantitative estimate of drug-likeness (QED) is 0.931. The highest BCUT2D eigenvalue weighted by atomic mass is 35.5. The molecule has 19 heavy (non-hydrogen) atoms. The Bertz CT molecular complexity index is 655. The van der Waals surface area contributed by atoms with Gasteiger partial charge in [-0.15, -0.1) is 0 Å². The molecule has 0 aliphatic carbocycles. The number of halogens is 2. The van der Waals surface area contributed by atoms with E-state index in [4.69, 9.17) is 16.9 Å². The van der Waals surface area contributed by atoms with Crippen molar-refractivity contribution in [2.75, 3.05) is 5.32 Å². The predicted molar refractivity (Wildman–Crippen MR) is 73.6 cm³/mol. The van der Waals surface area contributed by atoms with Gasteiger partial charge in [-0.3, -0.25) is 0 Å². The molecule has 0 radical (unpaired) electrons. The molecule has 0 amide bonds. The third-order valence-electron chi connectivity index (χ3n) is 3.18. The molecule has 0 saturated carbocycles. The normalized spacial score (nSPS) is 10.3. The zero-order chi connectivity index (χ0) is 14.0. The molecule has 2 rings (SSSR count). The summed E-state index contributed by atoms with van der Waals surface area (Å²) in [5.41, 5.74) is 2.88. The lowest BCUT2D eigenvalue weighted by atomic mass is 10.2. The van der Waals surface area contributed by atoms with E-state index in [9.17, 15) is 4.39 Å². The first-order valence-corrected chi connectivity index (χ1v) is 6.15. The number of aromatic nitrogens is 1. The zero-order valence-electron chi connectivity index (χ0n) is 10.7. The molecule has 98 valence electrons. The van der Waals surface area contributed by atoms with Crippen LogP contribution < -0.4 is 5.32 Å². The summed E-state index contributed by atoms with van der Waals surface area (Å²) in [4.78, 5) is 0. The Morgan fingerprint density at radius 2 is 2.21 bits per heavy atom. The van der Waals surface area contributed by atoms with Crippen molar-refractivity contribution < 1.29 is 4.39 Å². The fourth-order valence-electron chi connectivity index (χ4n) is 1.88. The van der Waals surface area contributed by atoms with Gasteiger partial charge in [0.05, 0.1) is 10.7 Å². The van der Waals surface area contributed by atoms with Crippen molar-refractivity contribution >= 4 is 17.3 Å². The van der Waals surface area contributed by atoms with Gasteiger partial charge < -0.3 is 9.88 Å². The maximum atomic E-state index is 13.7. The first-order chi connectivity index (χ1) is 9.04. The van der Waals surface area contributed by atoms with E-state index in [1.165, 1.54) is 6.07 Å². The summed E-state index contributed by atoms with van der Waals surface area (Å²) in [6, 6.07) is 8.73. The first-order valence-electron chi connectivity index (χ1n) is 5.77. The third kappa shape index (κ3) is 2.56. The molecule has 0 bridgehead atoms. The van der Waals surface area contributed by atoms with Crippen LogP contribution in [0.1, 0.15) is 17.0 Å². The SMILES string of the molecule is Cc1c(CNc2cccc(Cl)c2F)cc(C#N)n1C. The van der Waals surface area contributed by atoms with Gasteiger partial charge >= 0.3 is 0 Å². The van der Waals surface area contributed by atoms with Crippen molar-refractivity contribution in [1.29, 1.82) is 5.26 Å². The monoisotopic (exact) mass is 277 g/mol. The summed E-state index contributed by atoms with van der Waals surface area (Å²) in [6.07, 6.45) is 0. The second-order valence-electron chi connectivity index (χ2n) is 4.27. The van der Waals surface area contributed by atoms with Crippen LogP contribution in [0.3, 0.4) is 0 Å². The molecule has 0 aliphatic heterocycles. The van der Waals surface area contributed by atoms with Gasteiger partial charge in [-0.05, 0) is 30.7 Å². The van der Waals surface area contributed by atoms with Gasteiger partial charge in [-0.1, -0.05) is 17.7 Å². The number of anilines is 1. The summed E-state index contributed by atoms with van der Waals surface area (Å²) >= 11 is 5.72. The predicted octanol–water partition coefficient (Wildman–Crippen LogP) is 3.61. The number of rotatable bonds is 3. The highest BCUT2D eigenvalue weighted by molar-refractivity contribution is 6.31. The van der Waals surface area contributed by atoms with Crippen LogP contribution in [-0.2, 0) is 13.6 Å². The highest BCUT2D eigenvalue weighted by Gasteiger charge is 2.10. The molecule has 0 aliphatic rings. The van der Waals surface area contributed by atoms with Crippen LogP contribution in [0.25, 0.3) is 0 Å². The van der Waals surface area contributed by atoms with Gasteiger partial charge in [0, 0.05) is 19.3 Å². The Morgan fingerprint density at radius 3 is 2.84 bits per heavy atom. The summed E-state index contributed by atoms with van der Waals surface area (Å²) in [5.74, 6) is -0.460. The van der Waals surface area contributed by atoms with E-state index in [1.54, 1.807) is 18.2 Å². The average Bonchev–Trinajstić information content (AvgIpc) is 2.68.